The Morgan fingerprint density at radius 1 is 1.39 bits per heavy atom. The molecule has 6 nitrogen and oxygen atoms in total. The van der Waals surface area contributed by atoms with Gasteiger partial charge in [-0.25, -0.2) is 14.1 Å². The van der Waals surface area contributed by atoms with Gasteiger partial charge in [0.25, 0.3) is 0 Å². The first kappa shape index (κ1) is 10.8. The molecule has 0 saturated heterocycles. The second kappa shape index (κ2) is 4.19. The summed E-state index contributed by atoms with van der Waals surface area (Å²) in [4.78, 5) is 4.23. The van der Waals surface area contributed by atoms with E-state index in [1.54, 1.807) is 16.9 Å². The Balaban J connectivity index is 1.90. The van der Waals surface area contributed by atoms with Crippen LogP contribution in [-0.2, 0) is 13.1 Å². The maximum Gasteiger partial charge on any atom is 0.217 e. The van der Waals surface area contributed by atoms with Gasteiger partial charge in [-0.05, 0) is 12.1 Å². The zero-order valence-corrected chi connectivity index (χ0v) is 9.38. The maximum absolute atomic E-state index is 13.0. The molecule has 3 rings (SSSR count). The molecule has 0 radical (unpaired) electrons. The first-order chi connectivity index (χ1) is 8.74. The van der Waals surface area contributed by atoms with E-state index in [0.717, 1.165) is 0 Å². The van der Waals surface area contributed by atoms with Crippen LogP contribution < -0.4 is 5.73 Å². The molecular weight excluding hydrogens is 237 g/mol. The Morgan fingerprint density at radius 3 is 3.06 bits per heavy atom. The van der Waals surface area contributed by atoms with Crippen LogP contribution in [0.3, 0.4) is 0 Å². The number of rotatable bonds is 3. The minimum atomic E-state index is -0.351. The first-order valence-corrected chi connectivity index (χ1v) is 5.38. The lowest BCUT2D eigenvalue weighted by atomic mass is 10.3. The van der Waals surface area contributed by atoms with Crippen molar-refractivity contribution in [3.8, 4) is 0 Å². The average Bonchev–Trinajstić information content (AvgIpc) is 2.95. The SMILES string of the molecule is NCc1cn(Cc2nc3ccc(F)cc3o2)nn1. The van der Waals surface area contributed by atoms with Gasteiger partial charge in [-0.15, -0.1) is 5.10 Å². The van der Waals surface area contributed by atoms with Crippen LogP contribution in [0.1, 0.15) is 11.6 Å². The molecule has 0 saturated carbocycles. The van der Waals surface area contributed by atoms with Crippen molar-refractivity contribution in [3.63, 3.8) is 0 Å². The minimum absolute atomic E-state index is 0.332. The smallest absolute Gasteiger partial charge is 0.217 e. The molecule has 0 spiro atoms. The lowest BCUT2D eigenvalue weighted by Gasteiger charge is -1.93. The Labute approximate surface area is 101 Å². The summed E-state index contributed by atoms with van der Waals surface area (Å²) in [7, 11) is 0. The largest absolute Gasteiger partial charge is 0.439 e. The van der Waals surface area contributed by atoms with Crippen LogP contribution in [-0.4, -0.2) is 20.0 Å². The molecule has 92 valence electrons. The number of nitrogens with two attached hydrogens (primary N) is 1. The highest BCUT2D eigenvalue weighted by molar-refractivity contribution is 5.72. The van der Waals surface area contributed by atoms with E-state index in [4.69, 9.17) is 10.2 Å². The van der Waals surface area contributed by atoms with Crippen molar-refractivity contribution in [2.24, 2.45) is 5.73 Å². The van der Waals surface area contributed by atoms with Gasteiger partial charge in [-0.1, -0.05) is 5.21 Å². The zero-order valence-electron chi connectivity index (χ0n) is 9.38. The third-order valence-electron chi connectivity index (χ3n) is 2.49. The van der Waals surface area contributed by atoms with E-state index in [1.807, 2.05) is 0 Å². The fourth-order valence-corrected chi connectivity index (χ4v) is 1.66. The first-order valence-electron chi connectivity index (χ1n) is 5.38. The second-order valence-electron chi connectivity index (χ2n) is 3.83. The van der Waals surface area contributed by atoms with Crippen molar-refractivity contribution in [1.29, 1.82) is 0 Å². The Bertz CT molecular complexity index is 690. The highest BCUT2D eigenvalue weighted by Gasteiger charge is 2.08. The van der Waals surface area contributed by atoms with E-state index < -0.39 is 0 Å². The number of fused-ring (bicyclic) bond motifs is 1. The summed E-state index contributed by atoms with van der Waals surface area (Å²) in [6.07, 6.45) is 1.72. The number of nitrogens with zero attached hydrogens (tertiary/aromatic N) is 4. The third-order valence-corrected chi connectivity index (χ3v) is 2.49. The van der Waals surface area contributed by atoms with Crippen LogP contribution in [0.2, 0.25) is 0 Å². The van der Waals surface area contributed by atoms with Gasteiger partial charge >= 0.3 is 0 Å². The summed E-state index contributed by atoms with van der Waals surface area (Å²) in [6.45, 7) is 0.669. The van der Waals surface area contributed by atoms with Gasteiger partial charge in [0.2, 0.25) is 5.89 Å². The molecule has 0 aliphatic heterocycles. The molecule has 0 fully saturated rings. The summed E-state index contributed by atoms with van der Waals surface area (Å²) in [5.41, 5.74) is 7.17. The second-order valence-corrected chi connectivity index (χ2v) is 3.83. The van der Waals surface area contributed by atoms with Crippen LogP contribution in [0.25, 0.3) is 11.1 Å². The molecule has 1 aromatic carbocycles. The molecule has 0 amide bonds. The van der Waals surface area contributed by atoms with Gasteiger partial charge in [0, 0.05) is 12.6 Å². The van der Waals surface area contributed by atoms with Gasteiger partial charge in [0.05, 0.1) is 11.9 Å². The van der Waals surface area contributed by atoms with E-state index in [2.05, 4.69) is 15.3 Å². The van der Waals surface area contributed by atoms with Crippen molar-refractivity contribution in [2.45, 2.75) is 13.1 Å². The van der Waals surface area contributed by atoms with Crippen molar-refractivity contribution in [3.05, 3.63) is 41.8 Å². The maximum atomic E-state index is 13.0. The number of halogens is 1. The highest BCUT2D eigenvalue weighted by atomic mass is 19.1. The van der Waals surface area contributed by atoms with Crippen molar-refractivity contribution in [2.75, 3.05) is 0 Å². The number of aromatic nitrogens is 4. The number of hydrogen-bond acceptors (Lipinski definition) is 5. The lowest BCUT2D eigenvalue weighted by molar-refractivity contribution is 0.484. The molecule has 2 N–H and O–H groups in total. The van der Waals surface area contributed by atoms with Gasteiger partial charge in [0.1, 0.15) is 17.9 Å². The predicted molar refractivity (Wildman–Crippen MR) is 61.0 cm³/mol. The van der Waals surface area contributed by atoms with Crippen LogP contribution >= 0.6 is 0 Å². The predicted octanol–water partition coefficient (Wildman–Crippen LogP) is 1.07. The van der Waals surface area contributed by atoms with Crippen LogP contribution in [0, 0.1) is 5.82 Å². The molecule has 2 heterocycles. The monoisotopic (exact) mass is 247 g/mol. The van der Waals surface area contributed by atoms with Gasteiger partial charge in [-0.3, -0.25) is 0 Å². The summed E-state index contributed by atoms with van der Waals surface area (Å²) >= 11 is 0. The Hall–Kier alpha value is -2.28. The van der Waals surface area contributed by atoms with Crippen molar-refractivity contribution < 1.29 is 8.81 Å². The fraction of sp³-hybridized carbons (Fsp3) is 0.182. The number of oxazole rings is 1. The standard InChI is InChI=1S/C11H10FN5O/c12-7-1-2-9-10(3-7)18-11(14-9)6-17-5-8(4-13)15-16-17/h1-3,5H,4,6,13H2. The summed E-state index contributed by atoms with van der Waals surface area (Å²) in [6, 6.07) is 4.22. The quantitative estimate of drug-likeness (QED) is 0.748. The van der Waals surface area contributed by atoms with Crippen LogP contribution in [0.4, 0.5) is 4.39 Å². The van der Waals surface area contributed by atoms with E-state index >= 15 is 0 Å². The van der Waals surface area contributed by atoms with E-state index in [-0.39, 0.29) is 5.82 Å². The number of hydrogen-bond donors (Lipinski definition) is 1. The molecule has 0 unspecified atom stereocenters. The summed E-state index contributed by atoms with van der Waals surface area (Å²) in [5.74, 6) is 0.0976. The molecule has 0 bridgehead atoms. The van der Waals surface area contributed by atoms with Crippen LogP contribution in [0.15, 0.2) is 28.8 Å². The van der Waals surface area contributed by atoms with Crippen LogP contribution in [0.5, 0.6) is 0 Å². The summed E-state index contributed by atoms with van der Waals surface area (Å²) in [5, 5.41) is 7.74. The molecule has 2 aromatic heterocycles. The molecule has 7 heteroatoms. The van der Waals surface area contributed by atoms with E-state index in [9.17, 15) is 4.39 Å². The average molecular weight is 247 g/mol. The van der Waals surface area contributed by atoms with E-state index in [0.29, 0.717) is 35.8 Å². The molecule has 3 aromatic rings. The molecular formula is C11H10FN5O. The van der Waals surface area contributed by atoms with Gasteiger partial charge < -0.3 is 10.2 Å². The topological polar surface area (TPSA) is 82.8 Å². The third kappa shape index (κ3) is 1.95. The zero-order chi connectivity index (χ0) is 12.5. The minimum Gasteiger partial charge on any atom is -0.439 e. The molecule has 0 aliphatic carbocycles. The lowest BCUT2D eigenvalue weighted by Crippen LogP contribution is -2.00. The highest BCUT2D eigenvalue weighted by Crippen LogP contribution is 2.17. The number of benzene rings is 1. The fourth-order valence-electron chi connectivity index (χ4n) is 1.66. The molecule has 0 atom stereocenters. The molecule has 0 aliphatic rings. The normalized spacial score (nSPS) is 11.2. The van der Waals surface area contributed by atoms with Gasteiger partial charge in [-0.2, -0.15) is 0 Å². The molecule has 18 heavy (non-hydrogen) atoms. The summed E-state index contributed by atoms with van der Waals surface area (Å²) < 4.78 is 20.0. The van der Waals surface area contributed by atoms with Crippen molar-refractivity contribution in [1.82, 2.24) is 20.0 Å². The Kier molecular flexibility index (Phi) is 2.52. The van der Waals surface area contributed by atoms with Crippen molar-refractivity contribution >= 4 is 11.1 Å². The van der Waals surface area contributed by atoms with E-state index in [1.165, 1.54) is 12.1 Å². The van der Waals surface area contributed by atoms with Gasteiger partial charge in [0.15, 0.2) is 5.58 Å². The Morgan fingerprint density at radius 2 is 2.28 bits per heavy atom.